The molecule has 0 bridgehead atoms. The SMILES string of the molecule is CCN(CCNC(=O)COC(=O)CN1C(=O)c2ccccc2C1=O)c1cccc(C)c1. The van der Waals surface area contributed by atoms with Crippen molar-refractivity contribution < 1.29 is 23.9 Å². The molecule has 0 radical (unpaired) electrons. The summed E-state index contributed by atoms with van der Waals surface area (Å²) in [6, 6.07) is 14.5. The van der Waals surface area contributed by atoms with Crippen molar-refractivity contribution in [1.29, 1.82) is 0 Å². The number of carbonyl (C=O) groups excluding carboxylic acids is 4. The van der Waals surface area contributed by atoms with Crippen molar-refractivity contribution in [2.24, 2.45) is 0 Å². The lowest BCUT2D eigenvalue weighted by molar-refractivity contribution is -0.148. The Hall–Kier alpha value is -3.68. The van der Waals surface area contributed by atoms with Crippen molar-refractivity contribution in [3.8, 4) is 0 Å². The molecule has 162 valence electrons. The van der Waals surface area contributed by atoms with Gasteiger partial charge in [0.2, 0.25) is 0 Å². The number of rotatable bonds is 9. The van der Waals surface area contributed by atoms with E-state index in [2.05, 4.69) is 16.3 Å². The number of benzene rings is 2. The Kier molecular flexibility index (Phi) is 7.02. The van der Waals surface area contributed by atoms with Crippen molar-refractivity contribution in [2.75, 3.05) is 37.7 Å². The van der Waals surface area contributed by atoms with Crippen LogP contribution in [0.4, 0.5) is 5.69 Å². The van der Waals surface area contributed by atoms with E-state index in [1.165, 1.54) is 12.1 Å². The Morgan fingerprint density at radius 2 is 1.71 bits per heavy atom. The van der Waals surface area contributed by atoms with Gasteiger partial charge >= 0.3 is 5.97 Å². The number of amides is 3. The molecule has 0 aromatic heterocycles. The highest BCUT2D eigenvalue weighted by atomic mass is 16.5. The number of nitrogens with one attached hydrogen (secondary N) is 1. The maximum absolute atomic E-state index is 12.3. The summed E-state index contributed by atoms with van der Waals surface area (Å²) in [5.74, 6) is -2.36. The number of imide groups is 1. The van der Waals surface area contributed by atoms with Crippen LogP contribution in [0.3, 0.4) is 0 Å². The second-order valence-electron chi connectivity index (χ2n) is 7.17. The zero-order valence-corrected chi connectivity index (χ0v) is 17.6. The molecule has 8 nitrogen and oxygen atoms in total. The first-order valence-corrected chi connectivity index (χ1v) is 10.1. The van der Waals surface area contributed by atoms with Crippen molar-refractivity contribution in [2.45, 2.75) is 13.8 Å². The zero-order valence-electron chi connectivity index (χ0n) is 17.6. The molecule has 0 fully saturated rings. The van der Waals surface area contributed by atoms with E-state index >= 15 is 0 Å². The molecule has 0 spiro atoms. The van der Waals surface area contributed by atoms with Crippen LogP contribution in [0.1, 0.15) is 33.2 Å². The van der Waals surface area contributed by atoms with Crippen LogP contribution < -0.4 is 10.2 Å². The fourth-order valence-corrected chi connectivity index (χ4v) is 3.38. The topological polar surface area (TPSA) is 96.0 Å². The highest BCUT2D eigenvalue weighted by molar-refractivity contribution is 6.22. The van der Waals surface area contributed by atoms with Gasteiger partial charge in [0.25, 0.3) is 17.7 Å². The summed E-state index contributed by atoms with van der Waals surface area (Å²) >= 11 is 0. The van der Waals surface area contributed by atoms with Gasteiger partial charge < -0.3 is 15.0 Å². The van der Waals surface area contributed by atoms with Crippen molar-refractivity contribution in [1.82, 2.24) is 10.2 Å². The van der Waals surface area contributed by atoms with Crippen molar-refractivity contribution >= 4 is 29.4 Å². The van der Waals surface area contributed by atoms with Crippen LogP contribution in [0, 0.1) is 6.92 Å². The predicted octanol–water partition coefficient (Wildman–Crippen LogP) is 1.78. The van der Waals surface area contributed by atoms with Crippen LogP contribution in [0.5, 0.6) is 0 Å². The fraction of sp³-hybridized carbons (Fsp3) is 0.304. The Morgan fingerprint density at radius 3 is 2.32 bits per heavy atom. The molecule has 2 aromatic rings. The first-order chi connectivity index (χ1) is 14.9. The Morgan fingerprint density at radius 1 is 1.03 bits per heavy atom. The third kappa shape index (κ3) is 5.28. The highest BCUT2D eigenvalue weighted by Crippen LogP contribution is 2.22. The molecule has 8 heteroatoms. The molecular formula is C23H25N3O5. The molecule has 0 atom stereocenters. The number of likely N-dealkylation sites (N-methyl/N-ethyl adjacent to an activating group) is 1. The minimum Gasteiger partial charge on any atom is -0.454 e. The third-order valence-corrected chi connectivity index (χ3v) is 4.98. The zero-order chi connectivity index (χ0) is 22.4. The molecule has 1 N–H and O–H groups in total. The van der Waals surface area contributed by atoms with E-state index in [0.29, 0.717) is 13.1 Å². The number of hydrogen-bond donors (Lipinski definition) is 1. The standard InChI is InChI=1S/C23H25N3O5/c1-3-25(17-8-6-7-16(2)13-17)12-11-24-20(27)15-31-21(28)14-26-22(29)18-9-4-5-10-19(18)23(26)30/h4-10,13H,3,11-12,14-15H2,1-2H3,(H,24,27). The second kappa shape index (κ2) is 9.88. The molecule has 0 unspecified atom stereocenters. The largest absolute Gasteiger partial charge is 0.454 e. The number of esters is 1. The van der Waals surface area contributed by atoms with E-state index in [1.54, 1.807) is 12.1 Å². The van der Waals surface area contributed by atoms with Gasteiger partial charge in [-0.1, -0.05) is 24.3 Å². The Bertz CT molecular complexity index is 969. The van der Waals surface area contributed by atoms with Crippen LogP contribution in [-0.4, -0.2) is 61.4 Å². The lowest BCUT2D eigenvalue weighted by atomic mass is 10.1. The summed E-state index contributed by atoms with van der Waals surface area (Å²) in [5.41, 5.74) is 2.74. The normalized spacial score (nSPS) is 12.5. The Balaban J connectivity index is 1.41. The third-order valence-electron chi connectivity index (χ3n) is 4.98. The molecule has 0 saturated heterocycles. The van der Waals surface area contributed by atoms with Crippen LogP contribution in [0.15, 0.2) is 48.5 Å². The number of anilines is 1. The first kappa shape index (κ1) is 22.0. The van der Waals surface area contributed by atoms with E-state index in [1.807, 2.05) is 32.0 Å². The average molecular weight is 423 g/mol. The van der Waals surface area contributed by atoms with E-state index in [4.69, 9.17) is 4.74 Å². The van der Waals surface area contributed by atoms with Gasteiger partial charge in [-0.15, -0.1) is 0 Å². The number of aryl methyl sites for hydroxylation is 1. The van der Waals surface area contributed by atoms with Crippen LogP contribution in [0.25, 0.3) is 0 Å². The van der Waals surface area contributed by atoms with E-state index < -0.39 is 36.8 Å². The van der Waals surface area contributed by atoms with Gasteiger partial charge in [-0.2, -0.15) is 0 Å². The maximum atomic E-state index is 12.3. The Labute approximate surface area is 180 Å². The van der Waals surface area contributed by atoms with E-state index in [-0.39, 0.29) is 11.1 Å². The summed E-state index contributed by atoms with van der Waals surface area (Å²) in [6.07, 6.45) is 0. The minimum absolute atomic E-state index is 0.257. The van der Waals surface area contributed by atoms with Gasteiger partial charge in [0.15, 0.2) is 6.61 Å². The number of carbonyl (C=O) groups is 4. The summed E-state index contributed by atoms with van der Waals surface area (Å²) < 4.78 is 4.93. The number of hydrogen-bond acceptors (Lipinski definition) is 6. The van der Waals surface area contributed by atoms with Crippen molar-refractivity contribution in [3.05, 3.63) is 65.2 Å². The quantitative estimate of drug-likeness (QED) is 0.488. The van der Waals surface area contributed by atoms with Gasteiger partial charge in [0.1, 0.15) is 6.54 Å². The number of fused-ring (bicyclic) bond motifs is 1. The van der Waals surface area contributed by atoms with E-state index in [9.17, 15) is 19.2 Å². The molecule has 0 saturated carbocycles. The fourth-order valence-electron chi connectivity index (χ4n) is 3.38. The molecule has 31 heavy (non-hydrogen) atoms. The van der Waals surface area contributed by atoms with Crippen LogP contribution in [-0.2, 0) is 14.3 Å². The molecule has 3 rings (SSSR count). The molecule has 2 aromatic carbocycles. The van der Waals surface area contributed by atoms with E-state index in [0.717, 1.165) is 22.7 Å². The second-order valence-corrected chi connectivity index (χ2v) is 7.17. The number of ether oxygens (including phenoxy) is 1. The van der Waals surface area contributed by atoms with Crippen molar-refractivity contribution in [3.63, 3.8) is 0 Å². The lowest BCUT2D eigenvalue weighted by Crippen LogP contribution is -2.39. The highest BCUT2D eigenvalue weighted by Gasteiger charge is 2.36. The molecule has 1 aliphatic heterocycles. The summed E-state index contributed by atoms with van der Waals surface area (Å²) in [4.78, 5) is 51.5. The maximum Gasteiger partial charge on any atom is 0.326 e. The summed E-state index contributed by atoms with van der Waals surface area (Å²) in [5, 5.41) is 2.71. The lowest BCUT2D eigenvalue weighted by Gasteiger charge is -2.23. The van der Waals surface area contributed by atoms with Crippen LogP contribution in [0.2, 0.25) is 0 Å². The molecule has 1 aliphatic rings. The van der Waals surface area contributed by atoms with Gasteiger partial charge in [0.05, 0.1) is 11.1 Å². The number of nitrogens with zero attached hydrogens (tertiary/aromatic N) is 2. The summed E-state index contributed by atoms with van der Waals surface area (Å²) in [6.45, 7) is 4.83. The smallest absolute Gasteiger partial charge is 0.326 e. The molecular weight excluding hydrogens is 398 g/mol. The monoisotopic (exact) mass is 423 g/mol. The van der Waals surface area contributed by atoms with Gasteiger partial charge in [-0.25, -0.2) is 0 Å². The molecule has 3 amide bonds. The summed E-state index contributed by atoms with van der Waals surface area (Å²) in [7, 11) is 0. The predicted molar refractivity (Wildman–Crippen MR) is 115 cm³/mol. The first-order valence-electron chi connectivity index (χ1n) is 10.1. The van der Waals surface area contributed by atoms with Gasteiger partial charge in [0, 0.05) is 25.3 Å². The molecule has 0 aliphatic carbocycles. The van der Waals surface area contributed by atoms with Gasteiger partial charge in [-0.3, -0.25) is 24.1 Å². The molecule has 1 heterocycles. The average Bonchev–Trinajstić information content (AvgIpc) is 3.00. The van der Waals surface area contributed by atoms with Gasteiger partial charge in [-0.05, 0) is 43.7 Å². The van der Waals surface area contributed by atoms with Crippen LogP contribution >= 0.6 is 0 Å². The minimum atomic E-state index is -0.820.